The monoisotopic (exact) mass is 415 g/mol. The Morgan fingerprint density at radius 1 is 1.00 bits per heavy atom. The van der Waals surface area contributed by atoms with E-state index in [4.69, 9.17) is 4.98 Å². The highest BCUT2D eigenvalue weighted by Crippen LogP contribution is 2.27. The van der Waals surface area contributed by atoms with Crippen LogP contribution in [0.25, 0.3) is 16.6 Å². The van der Waals surface area contributed by atoms with Crippen LogP contribution in [0.5, 0.6) is 0 Å². The Hall–Kier alpha value is -3.19. The van der Waals surface area contributed by atoms with E-state index in [-0.39, 0.29) is 0 Å². The third-order valence-corrected chi connectivity index (χ3v) is 6.01. The molecule has 4 aromatic rings. The summed E-state index contributed by atoms with van der Waals surface area (Å²) in [6.07, 6.45) is 2.51. The minimum atomic E-state index is 0.673. The fourth-order valence-electron chi connectivity index (χ4n) is 4.51. The normalized spacial score (nSPS) is 15.3. The molecule has 0 aliphatic carbocycles. The average molecular weight is 416 g/mol. The first-order valence-corrected chi connectivity index (χ1v) is 11.0. The lowest BCUT2D eigenvalue weighted by Gasteiger charge is -2.34. The van der Waals surface area contributed by atoms with Crippen LogP contribution < -0.4 is 10.2 Å². The van der Waals surface area contributed by atoms with Crippen molar-refractivity contribution in [3.8, 4) is 0 Å². The van der Waals surface area contributed by atoms with Crippen molar-refractivity contribution < 1.29 is 0 Å². The summed E-state index contributed by atoms with van der Waals surface area (Å²) < 4.78 is 1.79. The second-order valence-corrected chi connectivity index (χ2v) is 8.71. The van der Waals surface area contributed by atoms with Crippen LogP contribution in [0.3, 0.4) is 0 Å². The maximum Gasteiger partial charge on any atom is 0.231 e. The minimum absolute atomic E-state index is 0.673. The number of anilines is 3. The summed E-state index contributed by atoms with van der Waals surface area (Å²) in [6, 6.07) is 16.7. The van der Waals surface area contributed by atoms with Crippen LogP contribution in [0.1, 0.15) is 18.7 Å². The summed E-state index contributed by atoms with van der Waals surface area (Å²) in [6.45, 7) is 5.33. The van der Waals surface area contributed by atoms with E-state index < -0.39 is 0 Å². The van der Waals surface area contributed by atoms with Gasteiger partial charge in [-0.05, 0) is 76.2 Å². The van der Waals surface area contributed by atoms with Crippen molar-refractivity contribution >= 4 is 33.9 Å². The number of rotatable bonds is 5. The molecule has 0 bridgehead atoms. The van der Waals surface area contributed by atoms with E-state index in [1.165, 1.54) is 25.1 Å². The number of aromatic nitrogens is 4. The number of nitrogens with zero attached hydrogens (tertiary/aromatic N) is 6. The number of hydrogen-bond acceptors (Lipinski definition) is 6. The van der Waals surface area contributed by atoms with Gasteiger partial charge >= 0.3 is 0 Å². The molecule has 31 heavy (non-hydrogen) atoms. The molecular formula is C24H29N7. The number of piperidine rings is 1. The SMILES string of the molecule is Cc1nc2c3ccccc3nc(Nc3ccc(N4CCC(CN(C)C)CC4)cc3)n2n1. The van der Waals surface area contributed by atoms with Gasteiger partial charge in [0.15, 0.2) is 5.65 Å². The molecule has 1 fully saturated rings. The largest absolute Gasteiger partial charge is 0.372 e. The number of aryl methyl sites for hydroxylation is 1. The molecule has 1 saturated heterocycles. The molecule has 0 radical (unpaired) electrons. The molecule has 2 aromatic heterocycles. The summed E-state index contributed by atoms with van der Waals surface area (Å²) in [5.74, 6) is 2.21. The van der Waals surface area contributed by atoms with E-state index in [0.717, 1.165) is 47.1 Å². The van der Waals surface area contributed by atoms with Crippen molar-refractivity contribution in [1.82, 2.24) is 24.5 Å². The van der Waals surface area contributed by atoms with Crippen molar-refractivity contribution in [2.75, 3.05) is 43.9 Å². The molecule has 7 heteroatoms. The lowest BCUT2D eigenvalue weighted by Crippen LogP contribution is -2.37. The quantitative estimate of drug-likeness (QED) is 0.529. The molecule has 7 nitrogen and oxygen atoms in total. The molecule has 0 amide bonds. The summed E-state index contributed by atoms with van der Waals surface area (Å²) in [4.78, 5) is 14.2. The van der Waals surface area contributed by atoms with Gasteiger partial charge in [-0.25, -0.2) is 9.97 Å². The number of benzene rings is 2. The van der Waals surface area contributed by atoms with E-state index in [0.29, 0.717) is 5.95 Å². The number of nitrogens with one attached hydrogen (secondary N) is 1. The Morgan fingerprint density at radius 3 is 2.48 bits per heavy atom. The van der Waals surface area contributed by atoms with Gasteiger partial charge in [0, 0.05) is 36.4 Å². The van der Waals surface area contributed by atoms with Crippen LogP contribution in [0.15, 0.2) is 48.5 Å². The summed E-state index contributed by atoms with van der Waals surface area (Å²) >= 11 is 0. The third kappa shape index (κ3) is 4.05. The summed E-state index contributed by atoms with van der Waals surface area (Å²) in [7, 11) is 4.33. The molecule has 1 N–H and O–H groups in total. The van der Waals surface area contributed by atoms with Crippen molar-refractivity contribution in [2.24, 2.45) is 5.92 Å². The number of para-hydroxylation sites is 1. The zero-order chi connectivity index (χ0) is 21.4. The maximum atomic E-state index is 4.79. The van der Waals surface area contributed by atoms with Gasteiger partial charge in [-0.15, -0.1) is 5.10 Å². The smallest absolute Gasteiger partial charge is 0.231 e. The van der Waals surface area contributed by atoms with Gasteiger partial charge in [-0.1, -0.05) is 12.1 Å². The second-order valence-electron chi connectivity index (χ2n) is 8.71. The van der Waals surface area contributed by atoms with Crippen molar-refractivity contribution in [2.45, 2.75) is 19.8 Å². The Morgan fingerprint density at radius 2 is 1.74 bits per heavy atom. The molecule has 1 aliphatic rings. The number of hydrogen-bond donors (Lipinski definition) is 1. The maximum absolute atomic E-state index is 4.79. The molecular weight excluding hydrogens is 386 g/mol. The zero-order valence-electron chi connectivity index (χ0n) is 18.4. The predicted octanol–water partition coefficient (Wildman–Crippen LogP) is 4.11. The molecule has 0 spiro atoms. The molecule has 0 atom stereocenters. The van der Waals surface area contributed by atoms with E-state index in [1.54, 1.807) is 4.52 Å². The van der Waals surface area contributed by atoms with Crippen molar-refractivity contribution in [1.29, 1.82) is 0 Å². The third-order valence-electron chi connectivity index (χ3n) is 6.01. The van der Waals surface area contributed by atoms with Gasteiger partial charge in [0.2, 0.25) is 5.95 Å². The van der Waals surface area contributed by atoms with Crippen LogP contribution >= 0.6 is 0 Å². The molecule has 160 valence electrons. The highest BCUT2D eigenvalue weighted by Gasteiger charge is 2.20. The fourth-order valence-corrected chi connectivity index (χ4v) is 4.51. The van der Waals surface area contributed by atoms with Crippen LogP contribution in [0, 0.1) is 12.8 Å². The van der Waals surface area contributed by atoms with Gasteiger partial charge in [0.25, 0.3) is 0 Å². The fraction of sp³-hybridized carbons (Fsp3) is 0.375. The average Bonchev–Trinajstić information content (AvgIpc) is 3.17. The lowest BCUT2D eigenvalue weighted by molar-refractivity contribution is 0.285. The van der Waals surface area contributed by atoms with Gasteiger partial charge in [0.05, 0.1) is 5.52 Å². The highest BCUT2D eigenvalue weighted by atomic mass is 15.4. The van der Waals surface area contributed by atoms with Crippen LogP contribution in [-0.4, -0.2) is 58.2 Å². The minimum Gasteiger partial charge on any atom is -0.372 e. The van der Waals surface area contributed by atoms with Gasteiger partial charge < -0.3 is 15.1 Å². The Labute approximate surface area is 182 Å². The van der Waals surface area contributed by atoms with Crippen LogP contribution in [0.2, 0.25) is 0 Å². The molecule has 1 aliphatic heterocycles. The standard InChI is InChI=1S/C24H29N7/c1-17-25-23-21-6-4-5-7-22(21)27-24(31(23)28-17)26-19-8-10-20(11-9-19)30-14-12-18(13-15-30)16-29(2)3/h4-11,18H,12-16H2,1-3H3,(H,26,27). The molecule has 2 aromatic carbocycles. The first kappa shape index (κ1) is 19.8. The highest BCUT2D eigenvalue weighted by molar-refractivity contribution is 5.92. The van der Waals surface area contributed by atoms with Crippen molar-refractivity contribution in [3.63, 3.8) is 0 Å². The van der Waals surface area contributed by atoms with Crippen LogP contribution in [0.4, 0.5) is 17.3 Å². The summed E-state index contributed by atoms with van der Waals surface area (Å²) in [5, 5.41) is 8.98. The first-order valence-electron chi connectivity index (χ1n) is 11.0. The van der Waals surface area contributed by atoms with E-state index in [1.807, 2.05) is 31.2 Å². The van der Waals surface area contributed by atoms with E-state index in [9.17, 15) is 0 Å². The Kier molecular flexibility index (Phi) is 5.19. The van der Waals surface area contributed by atoms with Crippen LogP contribution in [-0.2, 0) is 0 Å². The van der Waals surface area contributed by atoms with Gasteiger partial charge in [-0.3, -0.25) is 0 Å². The topological polar surface area (TPSA) is 61.6 Å². The lowest BCUT2D eigenvalue weighted by atomic mass is 9.96. The molecule has 0 saturated carbocycles. The predicted molar refractivity (Wildman–Crippen MR) is 126 cm³/mol. The molecule has 3 heterocycles. The Bertz CT molecular complexity index is 1190. The van der Waals surface area contributed by atoms with Gasteiger partial charge in [0.1, 0.15) is 5.82 Å². The summed E-state index contributed by atoms with van der Waals surface area (Å²) in [5.41, 5.74) is 4.00. The van der Waals surface area contributed by atoms with Crippen molar-refractivity contribution in [3.05, 3.63) is 54.4 Å². The zero-order valence-corrected chi connectivity index (χ0v) is 18.4. The molecule has 5 rings (SSSR count). The Balaban J connectivity index is 1.35. The molecule has 0 unspecified atom stereocenters. The number of fused-ring (bicyclic) bond motifs is 3. The first-order chi connectivity index (χ1) is 15.1. The van der Waals surface area contributed by atoms with E-state index >= 15 is 0 Å². The second kappa shape index (κ2) is 8.15. The van der Waals surface area contributed by atoms with Gasteiger partial charge in [-0.2, -0.15) is 4.52 Å². The van der Waals surface area contributed by atoms with E-state index in [2.05, 4.69) is 63.6 Å².